The molecule has 1 unspecified atom stereocenters. The normalized spacial score (nSPS) is 11.8. The van der Waals surface area contributed by atoms with Crippen LogP contribution in [0.1, 0.15) is 24.2 Å². The van der Waals surface area contributed by atoms with Gasteiger partial charge in [-0.25, -0.2) is 0 Å². The van der Waals surface area contributed by atoms with E-state index >= 15 is 0 Å². The molecule has 1 rings (SSSR count). The average molecular weight is 281 g/mol. The Labute approximate surface area is 117 Å². The van der Waals surface area contributed by atoms with E-state index in [2.05, 4.69) is 10.6 Å². The van der Waals surface area contributed by atoms with E-state index in [0.29, 0.717) is 24.4 Å². The van der Waals surface area contributed by atoms with Crippen LogP contribution >= 0.6 is 0 Å². The van der Waals surface area contributed by atoms with Crippen molar-refractivity contribution in [3.05, 3.63) is 33.9 Å². The summed E-state index contributed by atoms with van der Waals surface area (Å²) in [4.78, 5) is 22.0. The molecule has 0 bridgehead atoms. The third-order valence-electron chi connectivity index (χ3n) is 2.71. The van der Waals surface area contributed by atoms with Gasteiger partial charge in [-0.05, 0) is 26.0 Å². The molecule has 0 fully saturated rings. The van der Waals surface area contributed by atoms with Gasteiger partial charge in [-0.1, -0.05) is 0 Å². The first-order valence-corrected chi connectivity index (χ1v) is 6.35. The first-order chi connectivity index (χ1) is 9.49. The summed E-state index contributed by atoms with van der Waals surface area (Å²) in [5.74, 6) is -0.291. The number of hydrogen-bond acceptors (Lipinski definition) is 5. The van der Waals surface area contributed by atoms with Crippen LogP contribution in [0.15, 0.2) is 18.2 Å². The lowest BCUT2D eigenvalue weighted by atomic mass is 10.1. The van der Waals surface area contributed by atoms with Crippen molar-refractivity contribution in [2.75, 3.05) is 25.5 Å². The smallest absolute Gasteiger partial charge is 0.292 e. The molecule has 0 saturated heterocycles. The van der Waals surface area contributed by atoms with Crippen molar-refractivity contribution in [2.24, 2.45) is 0 Å². The molecule has 7 nitrogen and oxygen atoms in total. The molecule has 0 aliphatic heterocycles. The Hall–Kier alpha value is -2.15. The molecule has 110 valence electrons. The number of nitrogens with one attached hydrogen (secondary N) is 2. The first-order valence-electron chi connectivity index (χ1n) is 6.35. The van der Waals surface area contributed by atoms with E-state index < -0.39 is 4.92 Å². The van der Waals surface area contributed by atoms with Crippen molar-refractivity contribution in [1.82, 2.24) is 5.32 Å². The number of carbonyl (C=O) groups excluding carboxylic acids is 1. The summed E-state index contributed by atoms with van der Waals surface area (Å²) in [5.41, 5.74) is 0.605. The van der Waals surface area contributed by atoms with Gasteiger partial charge in [-0.3, -0.25) is 14.9 Å². The molecule has 7 heteroatoms. The van der Waals surface area contributed by atoms with Crippen molar-refractivity contribution < 1.29 is 14.5 Å². The number of anilines is 1. The van der Waals surface area contributed by atoms with Crippen LogP contribution in [0.25, 0.3) is 0 Å². The number of nitro benzene ring substituents is 1. The van der Waals surface area contributed by atoms with Gasteiger partial charge in [0.1, 0.15) is 5.69 Å². The third kappa shape index (κ3) is 4.20. The highest BCUT2D eigenvalue weighted by atomic mass is 16.6. The minimum atomic E-state index is -0.485. The number of nitro groups is 1. The summed E-state index contributed by atoms with van der Waals surface area (Å²) in [7, 11) is 1.51. The van der Waals surface area contributed by atoms with Gasteiger partial charge in [-0.15, -0.1) is 0 Å². The van der Waals surface area contributed by atoms with Gasteiger partial charge in [-0.2, -0.15) is 0 Å². The second-order valence-corrected chi connectivity index (χ2v) is 4.22. The predicted octanol–water partition coefficient (Wildman–Crippen LogP) is 1.79. The van der Waals surface area contributed by atoms with Gasteiger partial charge < -0.3 is 15.4 Å². The van der Waals surface area contributed by atoms with Crippen molar-refractivity contribution in [2.45, 2.75) is 20.0 Å². The molecule has 0 aliphatic rings. The molecule has 0 aliphatic carbocycles. The van der Waals surface area contributed by atoms with E-state index in [4.69, 9.17) is 4.74 Å². The molecule has 0 heterocycles. The molecule has 1 amide bonds. The number of rotatable bonds is 7. The Kier molecular flexibility index (Phi) is 5.92. The molecule has 0 radical (unpaired) electrons. The third-order valence-corrected chi connectivity index (χ3v) is 2.71. The van der Waals surface area contributed by atoms with Crippen LogP contribution in [0, 0.1) is 10.1 Å². The molecular formula is C13H19N3O4. The van der Waals surface area contributed by atoms with E-state index in [1.165, 1.54) is 25.2 Å². The maximum atomic E-state index is 11.6. The Morgan fingerprint density at radius 2 is 2.20 bits per heavy atom. The van der Waals surface area contributed by atoms with Crippen LogP contribution in [0.3, 0.4) is 0 Å². The number of carbonyl (C=O) groups is 1. The van der Waals surface area contributed by atoms with E-state index in [-0.39, 0.29) is 17.7 Å². The van der Waals surface area contributed by atoms with Gasteiger partial charge >= 0.3 is 0 Å². The molecule has 1 aromatic carbocycles. The molecule has 0 saturated carbocycles. The molecule has 1 aromatic rings. The topological polar surface area (TPSA) is 93.5 Å². The largest absolute Gasteiger partial charge is 0.377 e. The number of ether oxygens (including phenoxy) is 1. The minimum Gasteiger partial charge on any atom is -0.377 e. The highest BCUT2D eigenvalue weighted by Gasteiger charge is 2.16. The number of benzene rings is 1. The van der Waals surface area contributed by atoms with Crippen LogP contribution in [0.4, 0.5) is 11.4 Å². The van der Waals surface area contributed by atoms with Gasteiger partial charge in [0.2, 0.25) is 0 Å². The minimum absolute atomic E-state index is 0.0682. The lowest BCUT2D eigenvalue weighted by Crippen LogP contribution is -2.21. The lowest BCUT2D eigenvalue weighted by molar-refractivity contribution is -0.384. The zero-order chi connectivity index (χ0) is 15.1. The Balaban J connectivity index is 2.94. The summed E-state index contributed by atoms with van der Waals surface area (Å²) in [5, 5.41) is 16.4. The summed E-state index contributed by atoms with van der Waals surface area (Å²) >= 11 is 0. The molecule has 0 aromatic heterocycles. The summed E-state index contributed by atoms with van der Waals surface area (Å²) < 4.78 is 5.35. The zero-order valence-corrected chi connectivity index (χ0v) is 11.8. The van der Waals surface area contributed by atoms with Crippen molar-refractivity contribution >= 4 is 17.3 Å². The highest BCUT2D eigenvalue weighted by molar-refractivity contribution is 5.95. The fourth-order valence-corrected chi connectivity index (χ4v) is 1.72. The van der Waals surface area contributed by atoms with Crippen molar-refractivity contribution in [3.8, 4) is 0 Å². The quantitative estimate of drug-likeness (QED) is 0.587. The summed E-state index contributed by atoms with van der Waals surface area (Å²) in [6.07, 6.45) is -0.0803. The van der Waals surface area contributed by atoms with Crippen LogP contribution in [0.5, 0.6) is 0 Å². The maximum Gasteiger partial charge on any atom is 0.292 e. The second-order valence-electron chi connectivity index (χ2n) is 4.22. The molecule has 1 atom stereocenters. The monoisotopic (exact) mass is 281 g/mol. The zero-order valence-electron chi connectivity index (χ0n) is 11.8. The van der Waals surface area contributed by atoms with Crippen LogP contribution in [0.2, 0.25) is 0 Å². The number of hydrogen-bond donors (Lipinski definition) is 2. The molecule has 0 spiro atoms. The highest BCUT2D eigenvalue weighted by Crippen LogP contribution is 2.25. The molecule has 20 heavy (non-hydrogen) atoms. The van der Waals surface area contributed by atoms with Gasteiger partial charge in [0, 0.05) is 31.8 Å². The van der Waals surface area contributed by atoms with E-state index in [0.717, 1.165) is 0 Å². The standard InChI is InChI=1S/C13H19N3O4/c1-4-20-9(2)8-15-11-7-10(13(17)14-3)5-6-12(11)16(18)19/h5-7,9,15H,4,8H2,1-3H3,(H,14,17). The summed E-state index contributed by atoms with van der Waals surface area (Å²) in [6, 6.07) is 4.21. The Morgan fingerprint density at radius 1 is 1.50 bits per heavy atom. The van der Waals surface area contributed by atoms with Crippen LogP contribution in [-0.4, -0.2) is 37.1 Å². The Bertz CT molecular complexity index is 491. The fourth-order valence-electron chi connectivity index (χ4n) is 1.72. The second kappa shape index (κ2) is 7.44. The van der Waals surface area contributed by atoms with Gasteiger partial charge in [0.25, 0.3) is 11.6 Å². The average Bonchev–Trinajstić information content (AvgIpc) is 2.44. The maximum absolute atomic E-state index is 11.6. The molecule has 2 N–H and O–H groups in total. The summed E-state index contributed by atoms with van der Waals surface area (Å²) in [6.45, 7) is 4.74. The SMILES string of the molecule is CCOC(C)CNc1cc(C(=O)NC)ccc1[N+](=O)[O-]. The van der Waals surface area contributed by atoms with Gasteiger partial charge in [0.15, 0.2) is 0 Å². The van der Waals surface area contributed by atoms with Crippen molar-refractivity contribution in [1.29, 1.82) is 0 Å². The Morgan fingerprint density at radius 3 is 2.75 bits per heavy atom. The van der Waals surface area contributed by atoms with E-state index in [1.54, 1.807) is 0 Å². The first kappa shape index (κ1) is 15.9. The van der Waals surface area contributed by atoms with E-state index in [1.807, 2.05) is 13.8 Å². The fraction of sp³-hybridized carbons (Fsp3) is 0.462. The number of amides is 1. The van der Waals surface area contributed by atoms with Gasteiger partial charge in [0.05, 0.1) is 11.0 Å². The lowest BCUT2D eigenvalue weighted by Gasteiger charge is -2.14. The molecular weight excluding hydrogens is 262 g/mol. The van der Waals surface area contributed by atoms with Crippen molar-refractivity contribution in [3.63, 3.8) is 0 Å². The van der Waals surface area contributed by atoms with E-state index in [9.17, 15) is 14.9 Å². The predicted molar refractivity (Wildman–Crippen MR) is 76.1 cm³/mol. The van der Waals surface area contributed by atoms with Crippen LogP contribution < -0.4 is 10.6 Å². The van der Waals surface area contributed by atoms with Crippen LogP contribution in [-0.2, 0) is 4.74 Å². The number of nitrogens with zero attached hydrogens (tertiary/aromatic N) is 1.